The fourth-order valence-corrected chi connectivity index (χ4v) is 3.14. The first-order valence-electron chi connectivity index (χ1n) is 6.50. The van der Waals surface area contributed by atoms with Crippen molar-refractivity contribution in [3.05, 3.63) is 15.6 Å². The Morgan fingerprint density at radius 1 is 1.44 bits per heavy atom. The van der Waals surface area contributed by atoms with Gasteiger partial charge in [0.05, 0.1) is 28.8 Å². The van der Waals surface area contributed by atoms with Crippen LogP contribution in [0, 0.1) is 0 Å². The minimum atomic E-state index is 0.141. The molecule has 1 aliphatic heterocycles. The number of nitrogens with zero attached hydrogens (tertiary/aromatic N) is 2. The fraction of sp³-hybridized carbons (Fsp3) is 0.692. The number of carbonyl (C=O) groups excluding carboxylic acids is 1. The molecule has 1 fully saturated rings. The van der Waals surface area contributed by atoms with Gasteiger partial charge in [-0.25, -0.2) is 4.98 Å². The highest BCUT2D eigenvalue weighted by atomic mass is 32.1. The summed E-state index contributed by atoms with van der Waals surface area (Å²) in [5.41, 5.74) is 0.962. The zero-order valence-electron chi connectivity index (χ0n) is 11.1. The van der Waals surface area contributed by atoms with Gasteiger partial charge in [0.2, 0.25) is 0 Å². The second-order valence-corrected chi connectivity index (χ2v) is 5.58. The Morgan fingerprint density at radius 3 is 2.72 bits per heavy atom. The van der Waals surface area contributed by atoms with Crippen molar-refractivity contribution in [2.45, 2.75) is 26.7 Å². The number of aromatic nitrogens is 1. The first-order chi connectivity index (χ1) is 8.70. The Morgan fingerprint density at radius 2 is 2.17 bits per heavy atom. The molecule has 1 saturated heterocycles. The predicted molar refractivity (Wildman–Crippen MR) is 72.5 cm³/mol. The van der Waals surface area contributed by atoms with E-state index in [0.29, 0.717) is 0 Å². The Labute approximate surface area is 112 Å². The number of ketones is 1. The van der Waals surface area contributed by atoms with Gasteiger partial charge in [0.1, 0.15) is 0 Å². The molecule has 0 unspecified atom stereocenters. The molecule has 18 heavy (non-hydrogen) atoms. The third kappa shape index (κ3) is 3.37. The van der Waals surface area contributed by atoms with Crippen molar-refractivity contribution in [1.29, 1.82) is 0 Å². The van der Waals surface area contributed by atoms with Crippen LogP contribution in [0.1, 0.15) is 34.2 Å². The van der Waals surface area contributed by atoms with E-state index in [-0.39, 0.29) is 5.78 Å². The lowest BCUT2D eigenvalue weighted by atomic mass is 10.2. The van der Waals surface area contributed by atoms with E-state index in [1.54, 1.807) is 18.3 Å². The summed E-state index contributed by atoms with van der Waals surface area (Å²) in [4.78, 5) is 19.3. The minimum absolute atomic E-state index is 0.141. The quantitative estimate of drug-likeness (QED) is 0.764. The molecule has 0 N–H and O–H groups in total. The van der Waals surface area contributed by atoms with Gasteiger partial charge in [0.15, 0.2) is 5.78 Å². The summed E-state index contributed by atoms with van der Waals surface area (Å²) < 4.78 is 5.32. The van der Waals surface area contributed by atoms with Crippen LogP contribution in [0.2, 0.25) is 0 Å². The first-order valence-corrected chi connectivity index (χ1v) is 7.32. The number of hydrogen-bond acceptors (Lipinski definition) is 5. The predicted octanol–water partition coefficient (Wildman–Crippen LogP) is 1.78. The molecule has 1 aromatic heterocycles. The van der Waals surface area contributed by atoms with E-state index in [4.69, 9.17) is 4.74 Å². The maximum absolute atomic E-state index is 11.5. The molecule has 1 aromatic rings. The second-order valence-electron chi connectivity index (χ2n) is 4.50. The molecule has 0 spiro atoms. The Hall–Kier alpha value is -0.780. The fourth-order valence-electron chi connectivity index (χ4n) is 2.10. The summed E-state index contributed by atoms with van der Waals surface area (Å²) in [5, 5.41) is 1.09. The van der Waals surface area contributed by atoms with E-state index in [1.807, 2.05) is 6.92 Å². The maximum Gasteiger partial charge on any atom is 0.171 e. The van der Waals surface area contributed by atoms with Crippen molar-refractivity contribution in [2.75, 3.05) is 32.8 Å². The van der Waals surface area contributed by atoms with Gasteiger partial charge in [0.25, 0.3) is 0 Å². The number of morpholine rings is 1. The summed E-state index contributed by atoms with van der Waals surface area (Å²) in [5.74, 6) is 0.141. The SMILES string of the molecule is CCc1nc(CCN2CCOCC2)sc1C(C)=O. The number of thiazole rings is 1. The Bertz CT molecular complexity index is 411. The summed E-state index contributed by atoms with van der Waals surface area (Å²) in [6.45, 7) is 8.35. The molecule has 0 atom stereocenters. The largest absolute Gasteiger partial charge is 0.379 e. The Balaban J connectivity index is 1.94. The molecule has 5 heteroatoms. The molecule has 2 heterocycles. The number of Topliss-reactive ketones (excluding diaryl/α,β-unsaturated/α-hetero) is 1. The van der Waals surface area contributed by atoms with Crippen molar-refractivity contribution in [3.8, 4) is 0 Å². The third-order valence-electron chi connectivity index (χ3n) is 3.14. The van der Waals surface area contributed by atoms with Crippen molar-refractivity contribution >= 4 is 17.1 Å². The van der Waals surface area contributed by atoms with Crippen LogP contribution >= 0.6 is 11.3 Å². The highest BCUT2D eigenvalue weighted by Gasteiger charge is 2.15. The molecule has 1 aliphatic rings. The van der Waals surface area contributed by atoms with Crippen molar-refractivity contribution in [3.63, 3.8) is 0 Å². The summed E-state index contributed by atoms with van der Waals surface area (Å²) in [6, 6.07) is 0. The number of aryl methyl sites for hydroxylation is 1. The summed E-state index contributed by atoms with van der Waals surface area (Å²) in [6.07, 6.45) is 1.77. The monoisotopic (exact) mass is 268 g/mol. The van der Waals surface area contributed by atoms with Gasteiger partial charge in [-0.15, -0.1) is 11.3 Å². The molecule has 100 valence electrons. The van der Waals surface area contributed by atoms with Gasteiger partial charge >= 0.3 is 0 Å². The average molecular weight is 268 g/mol. The zero-order chi connectivity index (χ0) is 13.0. The Kier molecular flexibility index (Phi) is 4.86. The molecule has 0 aliphatic carbocycles. The van der Waals surface area contributed by atoms with Crippen LogP contribution < -0.4 is 0 Å². The van der Waals surface area contributed by atoms with Crippen molar-refractivity contribution in [1.82, 2.24) is 9.88 Å². The first kappa shape index (κ1) is 13.6. The normalized spacial score (nSPS) is 17.0. The van der Waals surface area contributed by atoms with E-state index in [9.17, 15) is 4.79 Å². The van der Waals surface area contributed by atoms with Gasteiger partial charge in [0, 0.05) is 33.0 Å². The van der Waals surface area contributed by atoms with E-state index < -0.39 is 0 Å². The van der Waals surface area contributed by atoms with Crippen LogP contribution in [0.25, 0.3) is 0 Å². The maximum atomic E-state index is 11.5. The summed E-state index contributed by atoms with van der Waals surface area (Å²) >= 11 is 1.56. The van der Waals surface area contributed by atoms with Gasteiger partial charge in [-0.3, -0.25) is 9.69 Å². The molecular formula is C13H20N2O2S. The molecule has 0 bridgehead atoms. The highest BCUT2D eigenvalue weighted by molar-refractivity contribution is 7.13. The molecule has 2 rings (SSSR count). The number of ether oxygens (including phenoxy) is 1. The van der Waals surface area contributed by atoms with Crippen LogP contribution in [-0.2, 0) is 17.6 Å². The standard InChI is InChI=1S/C13H20N2O2S/c1-3-11-13(10(2)16)18-12(14-11)4-5-15-6-8-17-9-7-15/h3-9H2,1-2H3. The number of rotatable bonds is 5. The van der Waals surface area contributed by atoms with Crippen LogP contribution in [0.5, 0.6) is 0 Å². The van der Waals surface area contributed by atoms with Crippen molar-refractivity contribution < 1.29 is 9.53 Å². The molecule has 0 amide bonds. The molecule has 0 aromatic carbocycles. The van der Waals surface area contributed by atoms with Crippen LogP contribution in [0.15, 0.2) is 0 Å². The molecule has 0 saturated carbocycles. The van der Waals surface area contributed by atoms with Gasteiger partial charge in [-0.05, 0) is 6.42 Å². The topological polar surface area (TPSA) is 42.4 Å². The lowest BCUT2D eigenvalue weighted by molar-refractivity contribution is 0.0384. The van der Waals surface area contributed by atoms with E-state index >= 15 is 0 Å². The molecule has 4 nitrogen and oxygen atoms in total. The number of hydrogen-bond donors (Lipinski definition) is 0. The highest BCUT2D eigenvalue weighted by Crippen LogP contribution is 2.20. The second kappa shape index (κ2) is 6.41. The van der Waals surface area contributed by atoms with E-state index in [0.717, 1.165) is 61.3 Å². The minimum Gasteiger partial charge on any atom is -0.379 e. The zero-order valence-corrected chi connectivity index (χ0v) is 11.9. The van der Waals surface area contributed by atoms with Gasteiger partial charge < -0.3 is 4.74 Å². The smallest absolute Gasteiger partial charge is 0.171 e. The number of carbonyl (C=O) groups is 1. The van der Waals surface area contributed by atoms with Gasteiger partial charge in [-0.1, -0.05) is 6.92 Å². The van der Waals surface area contributed by atoms with Crippen LogP contribution in [0.4, 0.5) is 0 Å². The van der Waals surface area contributed by atoms with Gasteiger partial charge in [-0.2, -0.15) is 0 Å². The summed E-state index contributed by atoms with van der Waals surface area (Å²) in [7, 11) is 0. The molecular weight excluding hydrogens is 248 g/mol. The lowest BCUT2D eigenvalue weighted by Gasteiger charge is -2.25. The third-order valence-corrected chi connectivity index (χ3v) is 4.40. The van der Waals surface area contributed by atoms with Crippen molar-refractivity contribution in [2.24, 2.45) is 0 Å². The molecule has 0 radical (unpaired) electrons. The van der Waals surface area contributed by atoms with E-state index in [1.165, 1.54) is 0 Å². The average Bonchev–Trinajstić information content (AvgIpc) is 2.81. The van der Waals surface area contributed by atoms with Crippen LogP contribution in [-0.4, -0.2) is 48.5 Å². The van der Waals surface area contributed by atoms with E-state index in [2.05, 4.69) is 9.88 Å². The lowest BCUT2D eigenvalue weighted by Crippen LogP contribution is -2.37. The van der Waals surface area contributed by atoms with Crippen LogP contribution in [0.3, 0.4) is 0 Å².